The van der Waals surface area contributed by atoms with Crippen molar-refractivity contribution in [2.24, 2.45) is 7.05 Å². The van der Waals surface area contributed by atoms with Gasteiger partial charge < -0.3 is 5.32 Å². The minimum absolute atomic E-state index is 0.311. The monoisotopic (exact) mass is 349 g/mol. The Kier molecular flexibility index (Phi) is 4.36. The maximum Gasteiger partial charge on any atom is 0.275 e. The second-order valence-electron chi connectivity index (χ2n) is 4.98. The number of hydrogen-bond donors (Lipinski definition) is 1. The van der Waals surface area contributed by atoms with E-state index < -0.39 is 0 Å². The molecule has 1 aromatic carbocycles. The standard InChI is InChI=1S/C15H13Cl2N5O/c1-21-14(13(17)7-18-21)15(23)20-12-4-2-3-10(5-12)8-22-9-11(16)6-19-22/h2-7,9H,8H2,1H3,(H,20,23). The summed E-state index contributed by atoms with van der Waals surface area (Å²) in [5, 5.41) is 11.8. The Balaban J connectivity index is 1.76. The number of benzene rings is 1. The van der Waals surface area contributed by atoms with Gasteiger partial charge in [0.05, 0.1) is 29.0 Å². The topological polar surface area (TPSA) is 64.7 Å². The molecule has 2 aromatic heterocycles. The van der Waals surface area contributed by atoms with Crippen LogP contribution in [0.15, 0.2) is 42.9 Å². The van der Waals surface area contributed by atoms with Gasteiger partial charge in [-0.1, -0.05) is 35.3 Å². The van der Waals surface area contributed by atoms with E-state index >= 15 is 0 Å². The van der Waals surface area contributed by atoms with Gasteiger partial charge in [0.15, 0.2) is 0 Å². The Bertz CT molecular complexity index is 836. The molecule has 3 aromatic rings. The van der Waals surface area contributed by atoms with E-state index in [0.717, 1.165) is 5.56 Å². The van der Waals surface area contributed by atoms with Crippen molar-refractivity contribution in [3.05, 3.63) is 64.2 Å². The van der Waals surface area contributed by atoms with Crippen molar-refractivity contribution in [3.8, 4) is 0 Å². The minimum atomic E-state index is -0.311. The molecule has 3 rings (SSSR count). The molecule has 118 valence electrons. The van der Waals surface area contributed by atoms with Crippen LogP contribution in [0.1, 0.15) is 16.1 Å². The predicted octanol–water partition coefficient (Wildman–Crippen LogP) is 3.22. The molecule has 0 bridgehead atoms. The lowest BCUT2D eigenvalue weighted by Crippen LogP contribution is -2.16. The number of nitrogens with one attached hydrogen (secondary N) is 1. The van der Waals surface area contributed by atoms with E-state index in [4.69, 9.17) is 23.2 Å². The first-order valence-electron chi connectivity index (χ1n) is 6.78. The van der Waals surface area contributed by atoms with Crippen LogP contribution in [0.2, 0.25) is 10.0 Å². The van der Waals surface area contributed by atoms with Crippen LogP contribution < -0.4 is 5.32 Å². The van der Waals surface area contributed by atoms with Crippen molar-refractivity contribution in [3.63, 3.8) is 0 Å². The number of hydrogen-bond acceptors (Lipinski definition) is 3. The molecule has 0 saturated carbocycles. The van der Waals surface area contributed by atoms with Gasteiger partial charge in [0, 0.05) is 18.9 Å². The molecule has 0 aliphatic rings. The van der Waals surface area contributed by atoms with Crippen LogP contribution in [0.4, 0.5) is 5.69 Å². The van der Waals surface area contributed by atoms with Gasteiger partial charge in [0.25, 0.3) is 5.91 Å². The number of carbonyl (C=O) groups excluding carboxylic acids is 1. The molecule has 0 radical (unpaired) electrons. The first kappa shape index (κ1) is 15.6. The van der Waals surface area contributed by atoms with Gasteiger partial charge in [0.1, 0.15) is 5.69 Å². The molecule has 8 heteroatoms. The summed E-state index contributed by atoms with van der Waals surface area (Å²) in [6, 6.07) is 7.49. The highest BCUT2D eigenvalue weighted by Gasteiger charge is 2.15. The van der Waals surface area contributed by atoms with Gasteiger partial charge in [-0.25, -0.2) is 0 Å². The molecular weight excluding hydrogens is 337 g/mol. The Labute approximate surface area is 142 Å². The van der Waals surface area contributed by atoms with E-state index in [0.29, 0.717) is 28.0 Å². The van der Waals surface area contributed by atoms with Crippen LogP contribution in [0, 0.1) is 0 Å². The third-order valence-corrected chi connectivity index (χ3v) is 3.71. The highest BCUT2D eigenvalue weighted by atomic mass is 35.5. The van der Waals surface area contributed by atoms with Crippen LogP contribution in [-0.2, 0) is 13.6 Å². The van der Waals surface area contributed by atoms with Crippen molar-refractivity contribution in [1.29, 1.82) is 0 Å². The molecule has 0 fully saturated rings. The molecule has 0 saturated heterocycles. The van der Waals surface area contributed by atoms with E-state index in [2.05, 4.69) is 15.5 Å². The first-order valence-corrected chi connectivity index (χ1v) is 7.54. The summed E-state index contributed by atoms with van der Waals surface area (Å²) < 4.78 is 3.16. The third kappa shape index (κ3) is 3.55. The number of nitrogens with zero attached hydrogens (tertiary/aromatic N) is 4. The molecule has 0 unspecified atom stereocenters. The number of amides is 1. The molecule has 1 amide bonds. The van der Waals surface area contributed by atoms with Crippen molar-refractivity contribution in [2.75, 3.05) is 5.32 Å². The lowest BCUT2D eigenvalue weighted by molar-refractivity contribution is 0.101. The number of halogens is 2. The van der Waals surface area contributed by atoms with Gasteiger partial charge in [-0.15, -0.1) is 0 Å². The number of carbonyl (C=O) groups is 1. The van der Waals surface area contributed by atoms with Crippen molar-refractivity contribution >= 4 is 34.8 Å². The average molecular weight is 350 g/mol. The lowest BCUT2D eigenvalue weighted by atomic mass is 10.2. The van der Waals surface area contributed by atoms with E-state index in [-0.39, 0.29) is 5.91 Å². The summed E-state index contributed by atoms with van der Waals surface area (Å²) in [6.45, 7) is 0.558. The fourth-order valence-electron chi connectivity index (χ4n) is 2.22. The fourth-order valence-corrected chi connectivity index (χ4v) is 2.62. The summed E-state index contributed by atoms with van der Waals surface area (Å²) in [7, 11) is 1.67. The Morgan fingerprint density at radius 3 is 2.74 bits per heavy atom. The molecule has 23 heavy (non-hydrogen) atoms. The van der Waals surface area contributed by atoms with Crippen molar-refractivity contribution in [1.82, 2.24) is 19.6 Å². The number of aromatic nitrogens is 4. The molecule has 0 aliphatic heterocycles. The predicted molar refractivity (Wildman–Crippen MR) is 89.0 cm³/mol. The van der Waals surface area contributed by atoms with Gasteiger partial charge in [0.2, 0.25) is 0 Å². The molecule has 0 aliphatic carbocycles. The van der Waals surface area contributed by atoms with Gasteiger partial charge >= 0.3 is 0 Å². The highest BCUT2D eigenvalue weighted by Crippen LogP contribution is 2.18. The molecule has 0 atom stereocenters. The van der Waals surface area contributed by atoms with Crippen molar-refractivity contribution in [2.45, 2.75) is 6.54 Å². The van der Waals surface area contributed by atoms with E-state index in [1.54, 1.807) is 24.1 Å². The SMILES string of the molecule is Cn1ncc(Cl)c1C(=O)Nc1cccc(Cn2cc(Cl)cn2)c1. The van der Waals surface area contributed by atoms with Crippen LogP contribution in [0.3, 0.4) is 0 Å². The molecule has 0 spiro atoms. The number of anilines is 1. The number of rotatable bonds is 4. The summed E-state index contributed by atoms with van der Waals surface area (Å²) in [5.41, 5.74) is 1.97. The van der Waals surface area contributed by atoms with Gasteiger partial charge in [-0.2, -0.15) is 10.2 Å². The maximum absolute atomic E-state index is 12.3. The van der Waals surface area contributed by atoms with Crippen LogP contribution in [0.25, 0.3) is 0 Å². The van der Waals surface area contributed by atoms with Crippen LogP contribution >= 0.6 is 23.2 Å². The third-order valence-electron chi connectivity index (χ3n) is 3.24. The van der Waals surface area contributed by atoms with E-state index in [9.17, 15) is 4.79 Å². The summed E-state index contributed by atoms with van der Waals surface area (Å²) in [4.78, 5) is 12.3. The number of aryl methyl sites for hydroxylation is 1. The first-order chi connectivity index (χ1) is 11.0. The molecular formula is C15H13Cl2N5O. The largest absolute Gasteiger partial charge is 0.321 e. The van der Waals surface area contributed by atoms with Crippen LogP contribution in [0.5, 0.6) is 0 Å². The highest BCUT2D eigenvalue weighted by molar-refractivity contribution is 6.34. The second-order valence-corrected chi connectivity index (χ2v) is 5.82. The van der Waals surface area contributed by atoms with Gasteiger partial charge in [-0.05, 0) is 17.7 Å². The lowest BCUT2D eigenvalue weighted by Gasteiger charge is -2.08. The van der Waals surface area contributed by atoms with E-state index in [1.165, 1.54) is 10.9 Å². The summed E-state index contributed by atoms with van der Waals surface area (Å²) >= 11 is 11.8. The van der Waals surface area contributed by atoms with Crippen LogP contribution in [-0.4, -0.2) is 25.5 Å². The summed E-state index contributed by atoms with van der Waals surface area (Å²) in [6.07, 6.45) is 4.76. The Morgan fingerprint density at radius 2 is 2.09 bits per heavy atom. The normalized spacial score (nSPS) is 10.7. The molecule has 2 heterocycles. The molecule has 1 N–H and O–H groups in total. The quantitative estimate of drug-likeness (QED) is 0.786. The fraction of sp³-hybridized carbons (Fsp3) is 0.133. The average Bonchev–Trinajstić information content (AvgIpc) is 3.05. The second kappa shape index (κ2) is 6.44. The van der Waals surface area contributed by atoms with E-state index in [1.807, 2.05) is 24.3 Å². The zero-order valence-corrected chi connectivity index (χ0v) is 13.7. The van der Waals surface area contributed by atoms with Gasteiger partial charge in [-0.3, -0.25) is 14.2 Å². The smallest absolute Gasteiger partial charge is 0.275 e. The zero-order chi connectivity index (χ0) is 16.4. The van der Waals surface area contributed by atoms with Crippen molar-refractivity contribution < 1.29 is 4.79 Å². The summed E-state index contributed by atoms with van der Waals surface area (Å²) in [5.74, 6) is -0.311. The Morgan fingerprint density at radius 1 is 1.26 bits per heavy atom. The molecule has 6 nitrogen and oxygen atoms in total. The zero-order valence-electron chi connectivity index (χ0n) is 12.2. The maximum atomic E-state index is 12.3. The Hall–Kier alpha value is -2.31. The minimum Gasteiger partial charge on any atom is -0.321 e.